The highest BCUT2D eigenvalue weighted by molar-refractivity contribution is 5.95. The summed E-state index contributed by atoms with van der Waals surface area (Å²) in [5.74, 6) is 0. The van der Waals surface area contributed by atoms with Gasteiger partial charge in [-0.3, -0.25) is 0 Å². The maximum absolute atomic E-state index is 11.6. The minimum atomic E-state index is -1.08. The number of nitrogen functional groups attached to an aromatic ring is 1. The second kappa shape index (κ2) is 7.72. The topological polar surface area (TPSA) is 105 Å². The number of rotatable bonds is 5. The Kier molecular flexibility index (Phi) is 5.87. The van der Waals surface area contributed by atoms with E-state index >= 15 is 0 Å². The average Bonchev–Trinajstić information content (AvgIpc) is 2.53. The first kappa shape index (κ1) is 19.0. The summed E-state index contributed by atoms with van der Waals surface area (Å²) in [4.78, 5) is 11.6. The van der Waals surface area contributed by atoms with E-state index < -0.39 is 23.9 Å². The van der Waals surface area contributed by atoms with Gasteiger partial charge in [-0.1, -0.05) is 30.3 Å². The summed E-state index contributed by atoms with van der Waals surface area (Å²) in [5, 5.41) is 25.0. The van der Waals surface area contributed by atoms with Crippen molar-refractivity contribution in [1.29, 1.82) is 0 Å². The smallest absolute Gasteiger partial charge is 0.407 e. The first-order valence-corrected chi connectivity index (χ1v) is 8.29. The molecule has 0 fully saturated rings. The zero-order valence-electron chi connectivity index (χ0n) is 14.8. The van der Waals surface area contributed by atoms with Gasteiger partial charge < -0.3 is 26.0 Å². The molecule has 2 rings (SSSR count). The number of benzene rings is 2. The predicted molar refractivity (Wildman–Crippen MR) is 98.2 cm³/mol. The van der Waals surface area contributed by atoms with Crippen LogP contribution in [-0.2, 0) is 4.74 Å². The highest BCUT2D eigenvalue weighted by Gasteiger charge is 2.21. The number of fused-ring (bicyclic) bond motifs is 1. The van der Waals surface area contributed by atoms with E-state index in [9.17, 15) is 15.0 Å². The van der Waals surface area contributed by atoms with E-state index in [2.05, 4.69) is 5.32 Å². The van der Waals surface area contributed by atoms with Gasteiger partial charge in [-0.25, -0.2) is 4.79 Å². The first-order valence-electron chi connectivity index (χ1n) is 8.29. The van der Waals surface area contributed by atoms with Crippen LogP contribution in [0.3, 0.4) is 0 Å². The number of carbonyl (C=O) groups excluding carboxylic acids is 1. The molecule has 136 valence electrons. The zero-order valence-corrected chi connectivity index (χ0v) is 14.8. The molecule has 0 aliphatic rings. The molecule has 0 saturated heterocycles. The highest BCUT2D eigenvalue weighted by atomic mass is 16.6. The first-order chi connectivity index (χ1) is 11.7. The lowest BCUT2D eigenvalue weighted by Gasteiger charge is -2.22. The second-order valence-corrected chi connectivity index (χ2v) is 7.02. The van der Waals surface area contributed by atoms with Crippen molar-refractivity contribution >= 4 is 22.6 Å². The molecule has 0 radical (unpaired) electrons. The van der Waals surface area contributed by atoms with E-state index in [-0.39, 0.29) is 13.0 Å². The van der Waals surface area contributed by atoms with Crippen molar-refractivity contribution in [2.24, 2.45) is 0 Å². The van der Waals surface area contributed by atoms with Crippen LogP contribution in [0.1, 0.15) is 38.9 Å². The number of hydrogen-bond acceptors (Lipinski definition) is 5. The largest absolute Gasteiger partial charge is 0.444 e. The van der Waals surface area contributed by atoms with Crippen LogP contribution < -0.4 is 11.1 Å². The molecule has 25 heavy (non-hydrogen) atoms. The van der Waals surface area contributed by atoms with Gasteiger partial charge in [-0.15, -0.1) is 0 Å². The molecule has 6 heteroatoms. The fourth-order valence-corrected chi connectivity index (χ4v) is 2.61. The van der Waals surface area contributed by atoms with Gasteiger partial charge in [0.25, 0.3) is 0 Å². The third kappa shape index (κ3) is 5.08. The Bertz CT molecular complexity index is 740. The molecule has 2 aromatic rings. The van der Waals surface area contributed by atoms with Crippen LogP contribution in [0.2, 0.25) is 0 Å². The number of alkyl carbamates (subject to hydrolysis) is 1. The third-order valence-electron chi connectivity index (χ3n) is 3.78. The quantitative estimate of drug-likeness (QED) is 0.623. The minimum Gasteiger partial charge on any atom is -0.444 e. The molecule has 0 heterocycles. The minimum absolute atomic E-state index is 0.194. The molecule has 0 bridgehead atoms. The van der Waals surface area contributed by atoms with Crippen molar-refractivity contribution in [2.45, 2.75) is 45.0 Å². The van der Waals surface area contributed by atoms with Crippen molar-refractivity contribution in [1.82, 2.24) is 5.32 Å². The van der Waals surface area contributed by atoms with Crippen LogP contribution in [-0.4, -0.2) is 34.6 Å². The summed E-state index contributed by atoms with van der Waals surface area (Å²) in [5.41, 5.74) is 6.61. The van der Waals surface area contributed by atoms with E-state index in [0.717, 1.165) is 10.8 Å². The Balaban J connectivity index is 2.00. The number of nitrogens with two attached hydrogens (primary N) is 1. The third-order valence-corrected chi connectivity index (χ3v) is 3.78. The van der Waals surface area contributed by atoms with Crippen LogP contribution in [0, 0.1) is 0 Å². The van der Waals surface area contributed by atoms with Gasteiger partial charge in [-0.2, -0.15) is 0 Å². The number of carbonyl (C=O) groups is 1. The Morgan fingerprint density at radius 1 is 1.16 bits per heavy atom. The number of ether oxygens (including phenoxy) is 1. The van der Waals surface area contributed by atoms with Gasteiger partial charge in [0.1, 0.15) is 11.7 Å². The second-order valence-electron chi connectivity index (χ2n) is 7.02. The van der Waals surface area contributed by atoms with Gasteiger partial charge >= 0.3 is 6.09 Å². The van der Waals surface area contributed by atoms with Crippen LogP contribution in [0.15, 0.2) is 36.4 Å². The van der Waals surface area contributed by atoms with E-state index in [1.54, 1.807) is 32.9 Å². The molecule has 0 aromatic heterocycles. The van der Waals surface area contributed by atoms with Gasteiger partial charge in [0, 0.05) is 17.6 Å². The maximum atomic E-state index is 11.6. The molecule has 5 N–H and O–H groups in total. The molecule has 0 aliphatic heterocycles. The molecule has 6 nitrogen and oxygen atoms in total. The van der Waals surface area contributed by atoms with E-state index in [0.29, 0.717) is 11.3 Å². The SMILES string of the molecule is CC(C)(C)OC(=O)NCCC(O)C(O)c1ccc(N)c2ccccc12. The highest BCUT2D eigenvalue weighted by Crippen LogP contribution is 2.30. The Morgan fingerprint density at radius 3 is 2.44 bits per heavy atom. The van der Waals surface area contributed by atoms with Crippen molar-refractivity contribution in [3.8, 4) is 0 Å². The molecule has 0 spiro atoms. The lowest BCUT2D eigenvalue weighted by Crippen LogP contribution is -2.34. The van der Waals surface area contributed by atoms with E-state index in [1.807, 2.05) is 24.3 Å². The van der Waals surface area contributed by atoms with Gasteiger partial charge in [0.2, 0.25) is 0 Å². The Labute approximate surface area is 147 Å². The number of aliphatic hydroxyl groups excluding tert-OH is 2. The van der Waals surface area contributed by atoms with Crippen molar-refractivity contribution < 1.29 is 19.7 Å². The van der Waals surface area contributed by atoms with Gasteiger partial charge in [0.15, 0.2) is 0 Å². The molecule has 2 atom stereocenters. The van der Waals surface area contributed by atoms with Crippen LogP contribution in [0.5, 0.6) is 0 Å². The summed E-state index contributed by atoms with van der Waals surface area (Å²) in [6.45, 7) is 5.52. The Hall–Kier alpha value is -2.31. The van der Waals surface area contributed by atoms with Crippen LogP contribution >= 0.6 is 0 Å². The lowest BCUT2D eigenvalue weighted by atomic mass is 9.95. The normalized spacial score (nSPS) is 14.1. The zero-order chi connectivity index (χ0) is 18.6. The molecule has 0 saturated carbocycles. The van der Waals surface area contributed by atoms with E-state index in [1.165, 1.54) is 0 Å². The van der Waals surface area contributed by atoms with Crippen LogP contribution in [0.25, 0.3) is 10.8 Å². The number of amides is 1. The summed E-state index contributed by atoms with van der Waals surface area (Å²) in [6.07, 6.45) is -2.46. The molecular formula is C19H26N2O4. The van der Waals surface area contributed by atoms with Gasteiger partial charge in [0.05, 0.1) is 6.10 Å². The van der Waals surface area contributed by atoms with Crippen molar-refractivity contribution in [3.05, 3.63) is 42.0 Å². The van der Waals surface area contributed by atoms with Gasteiger partial charge in [-0.05, 0) is 44.2 Å². The standard InChI is InChI=1S/C19H26N2O4/c1-19(2,3)25-18(24)21-11-10-16(22)17(23)14-8-9-15(20)13-7-5-4-6-12(13)14/h4-9,16-17,22-23H,10-11,20H2,1-3H3,(H,21,24). The summed E-state index contributed by atoms with van der Waals surface area (Å²) in [6, 6.07) is 10.9. The van der Waals surface area contributed by atoms with Crippen LogP contribution in [0.4, 0.5) is 10.5 Å². The summed E-state index contributed by atoms with van der Waals surface area (Å²) in [7, 11) is 0. The van der Waals surface area contributed by atoms with Crippen molar-refractivity contribution in [3.63, 3.8) is 0 Å². The molecule has 0 aliphatic carbocycles. The molecule has 1 amide bonds. The Morgan fingerprint density at radius 2 is 1.80 bits per heavy atom. The molecule has 2 aromatic carbocycles. The number of anilines is 1. The molecular weight excluding hydrogens is 320 g/mol. The maximum Gasteiger partial charge on any atom is 0.407 e. The fraction of sp³-hybridized carbons (Fsp3) is 0.421. The summed E-state index contributed by atoms with van der Waals surface area (Å²) < 4.78 is 5.13. The predicted octanol–water partition coefficient (Wildman–Crippen LogP) is 2.73. The fourth-order valence-electron chi connectivity index (χ4n) is 2.61. The summed E-state index contributed by atoms with van der Waals surface area (Å²) >= 11 is 0. The van der Waals surface area contributed by atoms with Crippen molar-refractivity contribution in [2.75, 3.05) is 12.3 Å². The number of aliphatic hydroxyl groups is 2. The van der Waals surface area contributed by atoms with E-state index in [4.69, 9.17) is 10.5 Å². The number of nitrogens with one attached hydrogen (secondary N) is 1. The number of hydrogen-bond donors (Lipinski definition) is 4. The molecule has 2 unspecified atom stereocenters. The monoisotopic (exact) mass is 346 g/mol. The average molecular weight is 346 g/mol. The lowest BCUT2D eigenvalue weighted by molar-refractivity contribution is 0.0131.